The summed E-state index contributed by atoms with van der Waals surface area (Å²) in [6.45, 7) is 2.95. The number of nitrogens with zero attached hydrogens (tertiary/aromatic N) is 2. The minimum atomic E-state index is -0.210. The second-order valence-electron chi connectivity index (χ2n) is 5.16. The highest BCUT2D eigenvalue weighted by Crippen LogP contribution is 2.25. The van der Waals surface area contributed by atoms with E-state index in [2.05, 4.69) is 17.3 Å². The van der Waals surface area contributed by atoms with Gasteiger partial charge in [0.2, 0.25) is 0 Å². The highest BCUT2D eigenvalue weighted by atomic mass is 35.5. The molecule has 2 aromatic rings. The van der Waals surface area contributed by atoms with Gasteiger partial charge in [-0.3, -0.25) is 4.68 Å². The van der Waals surface area contributed by atoms with Crippen molar-refractivity contribution in [2.24, 2.45) is 7.05 Å². The molecule has 114 valence electrons. The first-order chi connectivity index (χ1) is 10.1. The Labute approximate surface area is 130 Å². The first-order valence-electron chi connectivity index (χ1n) is 7.27. The summed E-state index contributed by atoms with van der Waals surface area (Å²) in [5.74, 6) is -0.210. The Morgan fingerprint density at radius 3 is 2.86 bits per heavy atom. The van der Waals surface area contributed by atoms with Crippen LogP contribution >= 0.6 is 11.6 Å². The van der Waals surface area contributed by atoms with E-state index in [1.165, 1.54) is 6.07 Å². The molecular formula is C16H21ClFN3. The maximum absolute atomic E-state index is 14.1. The van der Waals surface area contributed by atoms with E-state index in [9.17, 15) is 4.39 Å². The van der Waals surface area contributed by atoms with E-state index in [0.29, 0.717) is 10.6 Å². The predicted molar refractivity (Wildman–Crippen MR) is 84.0 cm³/mol. The molecule has 1 aromatic heterocycles. The number of rotatable bonds is 7. The van der Waals surface area contributed by atoms with Gasteiger partial charge < -0.3 is 5.32 Å². The van der Waals surface area contributed by atoms with Crippen LogP contribution in [0.5, 0.6) is 0 Å². The van der Waals surface area contributed by atoms with Crippen LogP contribution in [0.25, 0.3) is 0 Å². The van der Waals surface area contributed by atoms with Crippen LogP contribution in [0.15, 0.2) is 30.5 Å². The van der Waals surface area contributed by atoms with E-state index in [1.807, 2.05) is 17.8 Å². The molecule has 1 atom stereocenters. The highest BCUT2D eigenvalue weighted by molar-refractivity contribution is 6.30. The van der Waals surface area contributed by atoms with Crippen molar-refractivity contribution >= 4 is 11.6 Å². The third kappa shape index (κ3) is 4.29. The minimum Gasteiger partial charge on any atom is -0.310 e. The average Bonchev–Trinajstić information content (AvgIpc) is 2.87. The van der Waals surface area contributed by atoms with Gasteiger partial charge >= 0.3 is 0 Å². The van der Waals surface area contributed by atoms with Crippen LogP contribution in [0.4, 0.5) is 4.39 Å². The molecule has 1 N–H and O–H groups in total. The van der Waals surface area contributed by atoms with Crippen molar-refractivity contribution in [1.82, 2.24) is 15.1 Å². The molecule has 0 fully saturated rings. The predicted octanol–water partition coefficient (Wildman–Crippen LogP) is 3.89. The van der Waals surface area contributed by atoms with E-state index < -0.39 is 0 Å². The summed E-state index contributed by atoms with van der Waals surface area (Å²) in [5.41, 5.74) is 1.78. The summed E-state index contributed by atoms with van der Waals surface area (Å²) < 4.78 is 15.9. The summed E-state index contributed by atoms with van der Waals surface area (Å²) >= 11 is 6.01. The number of aryl methyl sites for hydroxylation is 2. The van der Waals surface area contributed by atoms with Crippen molar-refractivity contribution in [3.63, 3.8) is 0 Å². The van der Waals surface area contributed by atoms with E-state index in [1.54, 1.807) is 18.3 Å². The standard InChI is InChI=1S/C16H21ClFN3/c1-3-9-19-16(7-5-13-8-10-20-21(13)2)14-11-12(17)4-6-15(14)18/h4,6,8,10-11,16,19H,3,5,7,9H2,1-2H3. The van der Waals surface area contributed by atoms with Crippen molar-refractivity contribution in [3.05, 3.63) is 52.6 Å². The Kier molecular flexibility index (Phi) is 5.76. The van der Waals surface area contributed by atoms with Crippen molar-refractivity contribution in [2.45, 2.75) is 32.2 Å². The van der Waals surface area contributed by atoms with Gasteiger partial charge in [-0.15, -0.1) is 0 Å². The van der Waals surface area contributed by atoms with Gasteiger partial charge in [0.25, 0.3) is 0 Å². The van der Waals surface area contributed by atoms with Crippen molar-refractivity contribution in [3.8, 4) is 0 Å². The summed E-state index contributed by atoms with van der Waals surface area (Å²) in [7, 11) is 1.92. The summed E-state index contributed by atoms with van der Waals surface area (Å²) in [4.78, 5) is 0. The molecular weight excluding hydrogens is 289 g/mol. The van der Waals surface area contributed by atoms with Gasteiger partial charge in [-0.25, -0.2) is 4.39 Å². The molecule has 0 amide bonds. The van der Waals surface area contributed by atoms with Gasteiger partial charge in [0, 0.05) is 35.6 Å². The first-order valence-corrected chi connectivity index (χ1v) is 7.64. The minimum absolute atomic E-state index is 0.0430. The fourth-order valence-corrected chi connectivity index (χ4v) is 2.59. The van der Waals surface area contributed by atoms with Gasteiger partial charge in [0.1, 0.15) is 5.82 Å². The zero-order valence-electron chi connectivity index (χ0n) is 12.4. The molecule has 3 nitrogen and oxygen atoms in total. The summed E-state index contributed by atoms with van der Waals surface area (Å²) in [6.07, 6.45) is 4.43. The summed E-state index contributed by atoms with van der Waals surface area (Å²) in [6, 6.07) is 6.68. The lowest BCUT2D eigenvalue weighted by Gasteiger charge is -2.20. The number of nitrogens with one attached hydrogen (secondary N) is 1. The van der Waals surface area contributed by atoms with Gasteiger partial charge in [-0.2, -0.15) is 5.10 Å². The molecule has 2 rings (SSSR count). The topological polar surface area (TPSA) is 29.9 Å². The fraction of sp³-hybridized carbons (Fsp3) is 0.438. The number of hydrogen-bond donors (Lipinski definition) is 1. The monoisotopic (exact) mass is 309 g/mol. The smallest absolute Gasteiger partial charge is 0.128 e. The molecule has 0 aliphatic carbocycles. The first kappa shape index (κ1) is 16.0. The molecule has 0 bridgehead atoms. The molecule has 1 unspecified atom stereocenters. The van der Waals surface area contributed by atoms with Crippen molar-refractivity contribution < 1.29 is 4.39 Å². The lowest BCUT2D eigenvalue weighted by atomic mass is 10.00. The maximum Gasteiger partial charge on any atom is 0.128 e. The Morgan fingerprint density at radius 1 is 1.38 bits per heavy atom. The fourth-order valence-electron chi connectivity index (χ4n) is 2.41. The van der Waals surface area contributed by atoms with Crippen molar-refractivity contribution in [2.75, 3.05) is 6.54 Å². The molecule has 1 heterocycles. The second kappa shape index (κ2) is 7.57. The van der Waals surface area contributed by atoms with Crippen LogP contribution in [0.1, 0.15) is 37.1 Å². The van der Waals surface area contributed by atoms with Gasteiger partial charge in [0.15, 0.2) is 0 Å². The van der Waals surface area contributed by atoms with Crippen LogP contribution in [-0.4, -0.2) is 16.3 Å². The van der Waals surface area contributed by atoms with E-state index in [-0.39, 0.29) is 11.9 Å². The maximum atomic E-state index is 14.1. The largest absolute Gasteiger partial charge is 0.310 e. The van der Waals surface area contributed by atoms with Crippen molar-refractivity contribution in [1.29, 1.82) is 0 Å². The molecule has 0 saturated carbocycles. The van der Waals surface area contributed by atoms with Crippen LogP contribution in [0, 0.1) is 5.82 Å². The van der Waals surface area contributed by atoms with Crippen LogP contribution in [-0.2, 0) is 13.5 Å². The molecule has 1 aromatic carbocycles. The Balaban J connectivity index is 2.13. The normalized spacial score (nSPS) is 12.6. The molecule has 0 saturated heterocycles. The number of hydrogen-bond acceptors (Lipinski definition) is 2. The third-order valence-electron chi connectivity index (χ3n) is 3.59. The molecule has 21 heavy (non-hydrogen) atoms. The highest BCUT2D eigenvalue weighted by Gasteiger charge is 2.16. The van der Waals surface area contributed by atoms with E-state index in [0.717, 1.165) is 31.5 Å². The number of halogens is 2. The lowest BCUT2D eigenvalue weighted by Crippen LogP contribution is -2.24. The molecule has 0 aliphatic heterocycles. The Bertz CT molecular complexity index is 583. The zero-order chi connectivity index (χ0) is 15.2. The molecule has 0 radical (unpaired) electrons. The van der Waals surface area contributed by atoms with Crippen LogP contribution in [0.2, 0.25) is 5.02 Å². The third-order valence-corrected chi connectivity index (χ3v) is 3.82. The molecule has 0 aliphatic rings. The number of benzene rings is 1. The lowest BCUT2D eigenvalue weighted by molar-refractivity contribution is 0.468. The van der Waals surface area contributed by atoms with Gasteiger partial charge in [-0.1, -0.05) is 18.5 Å². The van der Waals surface area contributed by atoms with E-state index in [4.69, 9.17) is 11.6 Å². The average molecular weight is 310 g/mol. The molecule has 5 heteroatoms. The molecule has 0 spiro atoms. The Hall–Kier alpha value is -1.39. The quantitative estimate of drug-likeness (QED) is 0.841. The van der Waals surface area contributed by atoms with Gasteiger partial charge in [-0.05, 0) is 50.1 Å². The summed E-state index contributed by atoms with van der Waals surface area (Å²) in [5, 5.41) is 8.13. The van der Waals surface area contributed by atoms with Gasteiger partial charge in [0.05, 0.1) is 0 Å². The zero-order valence-corrected chi connectivity index (χ0v) is 13.2. The van der Waals surface area contributed by atoms with Crippen LogP contribution in [0.3, 0.4) is 0 Å². The second-order valence-corrected chi connectivity index (χ2v) is 5.59. The number of aromatic nitrogens is 2. The SMILES string of the molecule is CCCNC(CCc1ccnn1C)c1cc(Cl)ccc1F. The van der Waals surface area contributed by atoms with E-state index >= 15 is 0 Å². The Morgan fingerprint density at radius 2 is 2.19 bits per heavy atom. The van der Waals surface area contributed by atoms with Crippen LogP contribution < -0.4 is 5.32 Å².